The number of benzene rings is 2. The van der Waals surface area contributed by atoms with Crippen molar-refractivity contribution in [3.05, 3.63) is 65.2 Å². The third-order valence-corrected chi connectivity index (χ3v) is 3.34. The Bertz CT molecular complexity index is 862. The predicted octanol–water partition coefficient (Wildman–Crippen LogP) is 3.01. The van der Waals surface area contributed by atoms with Gasteiger partial charge in [-0.05, 0) is 37.3 Å². The van der Waals surface area contributed by atoms with Crippen LogP contribution in [-0.4, -0.2) is 20.9 Å². The van der Waals surface area contributed by atoms with Gasteiger partial charge in [-0.25, -0.2) is 4.39 Å². The van der Waals surface area contributed by atoms with Gasteiger partial charge in [-0.3, -0.25) is 14.8 Å². The van der Waals surface area contributed by atoms with Crippen LogP contribution in [0.1, 0.15) is 21.5 Å². The standard InChI is InChI=1S/C16H11FN2O2/c1-9-14(20)5-3-11(17)15(9)16(21)10-2-4-12-13(8-10)19-7-6-18-12/h2-8,20H,1H3. The number of halogens is 1. The molecule has 0 fully saturated rings. The summed E-state index contributed by atoms with van der Waals surface area (Å²) in [7, 11) is 0. The van der Waals surface area contributed by atoms with Crippen molar-refractivity contribution < 1.29 is 14.3 Å². The summed E-state index contributed by atoms with van der Waals surface area (Å²) in [5.74, 6) is -1.26. The number of phenols is 1. The van der Waals surface area contributed by atoms with Crippen molar-refractivity contribution in [3.8, 4) is 5.75 Å². The topological polar surface area (TPSA) is 63.1 Å². The lowest BCUT2D eigenvalue weighted by atomic mass is 9.97. The Kier molecular flexibility index (Phi) is 3.10. The molecule has 0 bridgehead atoms. The van der Waals surface area contributed by atoms with Crippen LogP contribution >= 0.6 is 0 Å². The van der Waals surface area contributed by atoms with E-state index in [0.717, 1.165) is 6.07 Å². The summed E-state index contributed by atoms with van der Waals surface area (Å²) in [6, 6.07) is 7.10. The van der Waals surface area contributed by atoms with Gasteiger partial charge in [0.05, 0.1) is 16.6 Å². The van der Waals surface area contributed by atoms with Gasteiger partial charge >= 0.3 is 0 Å². The Hall–Kier alpha value is -2.82. The molecular formula is C16H11FN2O2. The molecule has 1 N–H and O–H groups in total. The zero-order valence-corrected chi connectivity index (χ0v) is 11.2. The molecule has 0 aliphatic rings. The van der Waals surface area contributed by atoms with E-state index in [1.165, 1.54) is 19.2 Å². The quantitative estimate of drug-likeness (QED) is 0.734. The van der Waals surface area contributed by atoms with Gasteiger partial charge in [0.25, 0.3) is 0 Å². The number of aromatic nitrogens is 2. The fourth-order valence-corrected chi connectivity index (χ4v) is 2.20. The second-order valence-electron chi connectivity index (χ2n) is 4.66. The van der Waals surface area contributed by atoms with E-state index < -0.39 is 11.6 Å². The molecule has 104 valence electrons. The van der Waals surface area contributed by atoms with E-state index in [2.05, 4.69) is 9.97 Å². The van der Waals surface area contributed by atoms with Crippen LogP contribution in [0.4, 0.5) is 4.39 Å². The minimum atomic E-state index is -0.658. The second-order valence-corrected chi connectivity index (χ2v) is 4.66. The summed E-state index contributed by atoms with van der Waals surface area (Å²) in [5, 5.41) is 9.65. The highest BCUT2D eigenvalue weighted by Gasteiger charge is 2.19. The van der Waals surface area contributed by atoms with Gasteiger partial charge in [0.2, 0.25) is 0 Å². The van der Waals surface area contributed by atoms with Crippen molar-refractivity contribution in [1.82, 2.24) is 9.97 Å². The van der Waals surface area contributed by atoms with Crippen LogP contribution in [0.15, 0.2) is 42.7 Å². The monoisotopic (exact) mass is 282 g/mol. The number of carbonyl (C=O) groups excluding carboxylic acids is 1. The third kappa shape index (κ3) is 2.23. The van der Waals surface area contributed by atoms with Crippen molar-refractivity contribution in [2.24, 2.45) is 0 Å². The fourth-order valence-electron chi connectivity index (χ4n) is 2.20. The SMILES string of the molecule is Cc1c(O)ccc(F)c1C(=O)c1ccc2nccnc2c1. The highest BCUT2D eigenvalue weighted by atomic mass is 19.1. The van der Waals surface area contributed by atoms with Gasteiger partial charge in [-0.15, -0.1) is 0 Å². The first-order valence-electron chi connectivity index (χ1n) is 6.31. The third-order valence-electron chi connectivity index (χ3n) is 3.34. The minimum Gasteiger partial charge on any atom is -0.508 e. The molecular weight excluding hydrogens is 271 g/mol. The largest absolute Gasteiger partial charge is 0.508 e. The highest BCUT2D eigenvalue weighted by molar-refractivity contribution is 6.11. The van der Waals surface area contributed by atoms with Crippen LogP contribution in [0.2, 0.25) is 0 Å². The predicted molar refractivity (Wildman–Crippen MR) is 75.8 cm³/mol. The smallest absolute Gasteiger partial charge is 0.196 e. The number of fused-ring (bicyclic) bond motifs is 1. The average Bonchev–Trinajstić information content (AvgIpc) is 2.51. The Balaban J connectivity index is 2.15. The molecule has 0 amide bonds. The van der Waals surface area contributed by atoms with Crippen LogP contribution in [-0.2, 0) is 0 Å². The van der Waals surface area contributed by atoms with E-state index >= 15 is 0 Å². The number of aromatic hydroxyl groups is 1. The molecule has 21 heavy (non-hydrogen) atoms. The van der Waals surface area contributed by atoms with Gasteiger partial charge in [-0.2, -0.15) is 0 Å². The number of rotatable bonds is 2. The summed E-state index contributed by atoms with van der Waals surface area (Å²) < 4.78 is 13.9. The van der Waals surface area contributed by atoms with E-state index in [-0.39, 0.29) is 16.9 Å². The molecule has 0 aliphatic carbocycles. The number of carbonyl (C=O) groups is 1. The number of ketones is 1. The average molecular weight is 282 g/mol. The molecule has 3 aromatic rings. The molecule has 0 radical (unpaired) electrons. The Morgan fingerprint density at radius 3 is 2.57 bits per heavy atom. The van der Waals surface area contributed by atoms with Gasteiger partial charge in [0.1, 0.15) is 11.6 Å². The summed E-state index contributed by atoms with van der Waals surface area (Å²) in [6.45, 7) is 1.51. The molecule has 0 spiro atoms. The number of hydrogen-bond acceptors (Lipinski definition) is 4. The zero-order chi connectivity index (χ0) is 15.0. The van der Waals surface area contributed by atoms with Crippen LogP contribution in [0, 0.1) is 12.7 Å². The molecule has 1 heterocycles. The molecule has 3 rings (SSSR count). The summed E-state index contributed by atoms with van der Waals surface area (Å²) in [6.07, 6.45) is 3.08. The van der Waals surface area contributed by atoms with Crippen LogP contribution < -0.4 is 0 Å². The summed E-state index contributed by atoms with van der Waals surface area (Å²) >= 11 is 0. The first-order valence-corrected chi connectivity index (χ1v) is 6.31. The van der Waals surface area contributed by atoms with Gasteiger partial charge < -0.3 is 5.11 Å². The van der Waals surface area contributed by atoms with Crippen molar-refractivity contribution in [2.45, 2.75) is 6.92 Å². The van der Waals surface area contributed by atoms with E-state index in [0.29, 0.717) is 16.6 Å². The molecule has 5 heteroatoms. The van der Waals surface area contributed by atoms with E-state index in [1.807, 2.05) is 0 Å². The molecule has 4 nitrogen and oxygen atoms in total. The van der Waals surface area contributed by atoms with Crippen molar-refractivity contribution in [3.63, 3.8) is 0 Å². The first-order chi connectivity index (χ1) is 10.1. The highest BCUT2D eigenvalue weighted by Crippen LogP contribution is 2.25. The van der Waals surface area contributed by atoms with Crippen LogP contribution in [0.5, 0.6) is 5.75 Å². The number of phenolic OH excluding ortho intramolecular Hbond substituents is 1. The molecule has 1 aromatic heterocycles. The Morgan fingerprint density at radius 2 is 1.81 bits per heavy atom. The second kappa shape index (κ2) is 4.94. The minimum absolute atomic E-state index is 0.111. The fraction of sp³-hybridized carbons (Fsp3) is 0.0625. The molecule has 0 atom stereocenters. The Morgan fingerprint density at radius 1 is 1.10 bits per heavy atom. The van der Waals surface area contributed by atoms with Gasteiger partial charge in [-0.1, -0.05) is 0 Å². The van der Waals surface area contributed by atoms with E-state index in [9.17, 15) is 14.3 Å². The van der Waals surface area contributed by atoms with Crippen LogP contribution in [0.3, 0.4) is 0 Å². The maximum Gasteiger partial charge on any atom is 0.196 e. The summed E-state index contributed by atoms with van der Waals surface area (Å²) in [5.41, 5.74) is 1.61. The normalized spacial score (nSPS) is 10.8. The lowest BCUT2D eigenvalue weighted by Crippen LogP contribution is -2.07. The first kappa shape index (κ1) is 13.2. The van der Waals surface area contributed by atoms with E-state index in [4.69, 9.17) is 0 Å². The molecule has 0 aliphatic heterocycles. The maximum atomic E-state index is 13.9. The van der Waals surface area contributed by atoms with Crippen molar-refractivity contribution in [2.75, 3.05) is 0 Å². The summed E-state index contributed by atoms with van der Waals surface area (Å²) in [4.78, 5) is 20.7. The van der Waals surface area contributed by atoms with Crippen molar-refractivity contribution >= 4 is 16.8 Å². The van der Waals surface area contributed by atoms with Crippen LogP contribution in [0.25, 0.3) is 11.0 Å². The van der Waals surface area contributed by atoms with Gasteiger partial charge in [0, 0.05) is 23.5 Å². The number of nitrogens with zero attached hydrogens (tertiary/aromatic N) is 2. The van der Waals surface area contributed by atoms with Crippen molar-refractivity contribution in [1.29, 1.82) is 0 Å². The van der Waals surface area contributed by atoms with Gasteiger partial charge in [0.15, 0.2) is 5.78 Å². The lowest BCUT2D eigenvalue weighted by molar-refractivity contribution is 0.103. The molecule has 0 unspecified atom stereocenters. The molecule has 2 aromatic carbocycles. The lowest BCUT2D eigenvalue weighted by Gasteiger charge is -2.08. The number of hydrogen-bond donors (Lipinski definition) is 1. The Labute approximate surface area is 119 Å². The molecule has 0 saturated heterocycles. The van der Waals surface area contributed by atoms with E-state index in [1.54, 1.807) is 24.4 Å². The maximum absolute atomic E-state index is 13.9. The zero-order valence-electron chi connectivity index (χ0n) is 11.2. The molecule has 0 saturated carbocycles.